The Labute approximate surface area is 97.5 Å². The molecule has 0 aromatic carbocycles. The fourth-order valence-corrected chi connectivity index (χ4v) is 0.653. The first-order chi connectivity index (χ1) is 7.81. The molecular weight excluding hydrogens is 232 g/mol. The molecule has 96 valence electrons. The highest BCUT2D eigenvalue weighted by Gasteiger charge is 2.26. The standard InChI is InChI=1S/C10H14O7/c1-5(2)9(14)16-17-10(15)6(3)8(13)7(12)4-11/h7-8,11-13H,1,3-4H2,2H3. The molecule has 0 radical (unpaired) electrons. The number of carbonyl (C=O) groups excluding carboxylic acids is 2. The summed E-state index contributed by atoms with van der Waals surface area (Å²) in [5.41, 5.74) is -0.541. The highest BCUT2D eigenvalue weighted by molar-refractivity contribution is 5.91. The molecule has 0 aliphatic rings. The molecule has 2 unspecified atom stereocenters. The molecule has 0 aliphatic carbocycles. The lowest BCUT2D eigenvalue weighted by Crippen LogP contribution is -2.34. The van der Waals surface area contributed by atoms with Crippen LogP contribution in [0.15, 0.2) is 24.3 Å². The Bertz CT molecular complexity index is 334. The van der Waals surface area contributed by atoms with Crippen molar-refractivity contribution in [1.29, 1.82) is 0 Å². The third-order valence-corrected chi connectivity index (χ3v) is 1.71. The molecule has 0 fully saturated rings. The van der Waals surface area contributed by atoms with Crippen LogP contribution in [0.3, 0.4) is 0 Å². The van der Waals surface area contributed by atoms with E-state index in [1.165, 1.54) is 6.92 Å². The van der Waals surface area contributed by atoms with Gasteiger partial charge in [-0.05, 0) is 6.92 Å². The zero-order chi connectivity index (χ0) is 13.6. The zero-order valence-electron chi connectivity index (χ0n) is 9.25. The summed E-state index contributed by atoms with van der Waals surface area (Å²) in [4.78, 5) is 30.1. The molecule has 0 aliphatic heterocycles. The topological polar surface area (TPSA) is 113 Å². The van der Waals surface area contributed by atoms with Gasteiger partial charge in [-0.3, -0.25) is 0 Å². The van der Waals surface area contributed by atoms with Crippen molar-refractivity contribution in [3.63, 3.8) is 0 Å². The fourth-order valence-electron chi connectivity index (χ4n) is 0.653. The highest BCUT2D eigenvalue weighted by atomic mass is 17.2. The Morgan fingerprint density at radius 3 is 2.06 bits per heavy atom. The monoisotopic (exact) mass is 246 g/mol. The molecule has 0 heterocycles. The average molecular weight is 246 g/mol. The number of aliphatic hydroxyl groups excluding tert-OH is 3. The van der Waals surface area contributed by atoms with E-state index in [0.717, 1.165) is 0 Å². The molecule has 7 nitrogen and oxygen atoms in total. The van der Waals surface area contributed by atoms with Crippen molar-refractivity contribution in [2.24, 2.45) is 0 Å². The lowest BCUT2D eigenvalue weighted by atomic mass is 10.1. The lowest BCUT2D eigenvalue weighted by Gasteiger charge is -2.15. The molecule has 0 bridgehead atoms. The second kappa shape index (κ2) is 6.79. The second-order valence-corrected chi connectivity index (χ2v) is 3.24. The first-order valence-electron chi connectivity index (χ1n) is 4.55. The minimum Gasteiger partial charge on any atom is -0.394 e. The molecule has 17 heavy (non-hydrogen) atoms. The molecule has 7 heteroatoms. The van der Waals surface area contributed by atoms with Gasteiger partial charge in [0.2, 0.25) is 0 Å². The smallest absolute Gasteiger partial charge is 0.384 e. The van der Waals surface area contributed by atoms with E-state index < -0.39 is 36.3 Å². The molecule has 0 rings (SSSR count). The van der Waals surface area contributed by atoms with Crippen LogP contribution < -0.4 is 0 Å². The van der Waals surface area contributed by atoms with Gasteiger partial charge in [0.1, 0.15) is 12.2 Å². The van der Waals surface area contributed by atoms with E-state index >= 15 is 0 Å². The van der Waals surface area contributed by atoms with Gasteiger partial charge in [-0.1, -0.05) is 13.2 Å². The maximum atomic E-state index is 11.2. The molecule has 2 atom stereocenters. The van der Waals surface area contributed by atoms with Gasteiger partial charge < -0.3 is 15.3 Å². The van der Waals surface area contributed by atoms with E-state index in [1.807, 2.05) is 0 Å². The van der Waals surface area contributed by atoms with E-state index in [4.69, 9.17) is 10.2 Å². The second-order valence-electron chi connectivity index (χ2n) is 3.24. The summed E-state index contributed by atoms with van der Waals surface area (Å²) in [6.07, 6.45) is -3.29. The molecule has 0 saturated carbocycles. The van der Waals surface area contributed by atoms with Crippen molar-refractivity contribution in [1.82, 2.24) is 0 Å². The van der Waals surface area contributed by atoms with Crippen LogP contribution in [-0.2, 0) is 19.4 Å². The SMILES string of the molecule is C=C(C)C(=O)OOC(=O)C(=C)C(O)C(O)CO. The van der Waals surface area contributed by atoms with Gasteiger partial charge in [0, 0.05) is 5.57 Å². The van der Waals surface area contributed by atoms with Crippen LogP contribution in [0.5, 0.6) is 0 Å². The summed E-state index contributed by atoms with van der Waals surface area (Å²) in [7, 11) is 0. The average Bonchev–Trinajstić information content (AvgIpc) is 2.32. The normalized spacial score (nSPS) is 13.4. The molecule has 0 saturated heterocycles. The number of rotatable bonds is 5. The predicted octanol–water partition coefficient (Wildman–Crippen LogP) is -1.17. The third-order valence-electron chi connectivity index (χ3n) is 1.71. The van der Waals surface area contributed by atoms with Crippen molar-refractivity contribution in [2.45, 2.75) is 19.1 Å². The molecule has 0 amide bonds. The molecular formula is C10H14O7. The number of hydrogen-bond acceptors (Lipinski definition) is 7. The Morgan fingerprint density at radius 2 is 1.65 bits per heavy atom. The van der Waals surface area contributed by atoms with Gasteiger partial charge in [0.05, 0.1) is 12.2 Å². The molecule has 0 spiro atoms. The van der Waals surface area contributed by atoms with Crippen LogP contribution in [0.4, 0.5) is 0 Å². The summed E-state index contributed by atoms with van der Waals surface area (Å²) in [5.74, 6) is -2.19. The van der Waals surface area contributed by atoms with Gasteiger partial charge in [0.25, 0.3) is 0 Å². The van der Waals surface area contributed by atoms with Gasteiger partial charge in [-0.2, -0.15) is 0 Å². The van der Waals surface area contributed by atoms with E-state index in [0.29, 0.717) is 0 Å². The van der Waals surface area contributed by atoms with Crippen molar-refractivity contribution in [2.75, 3.05) is 6.61 Å². The summed E-state index contributed by atoms with van der Waals surface area (Å²) in [6, 6.07) is 0. The quantitative estimate of drug-likeness (QED) is 0.318. The summed E-state index contributed by atoms with van der Waals surface area (Å²) in [6.45, 7) is 6.96. The van der Waals surface area contributed by atoms with Crippen LogP contribution in [0, 0.1) is 0 Å². The van der Waals surface area contributed by atoms with Crippen LogP contribution >= 0.6 is 0 Å². The summed E-state index contributed by atoms with van der Waals surface area (Å²) >= 11 is 0. The molecule has 3 N–H and O–H groups in total. The van der Waals surface area contributed by atoms with Crippen LogP contribution in [0.2, 0.25) is 0 Å². The van der Waals surface area contributed by atoms with Crippen LogP contribution in [0.25, 0.3) is 0 Å². The Kier molecular flexibility index (Phi) is 6.11. The van der Waals surface area contributed by atoms with E-state index in [-0.39, 0.29) is 5.57 Å². The third kappa shape index (κ3) is 4.77. The molecule has 0 aromatic heterocycles. The minimum absolute atomic E-state index is 0.0133. The summed E-state index contributed by atoms with van der Waals surface area (Å²) in [5, 5.41) is 26.8. The van der Waals surface area contributed by atoms with Gasteiger partial charge in [0.15, 0.2) is 0 Å². The van der Waals surface area contributed by atoms with Crippen LogP contribution in [-0.4, -0.2) is 46.1 Å². The minimum atomic E-state index is -1.71. The van der Waals surface area contributed by atoms with Gasteiger partial charge in [-0.25, -0.2) is 19.4 Å². The van der Waals surface area contributed by atoms with Crippen molar-refractivity contribution in [3.05, 3.63) is 24.3 Å². The maximum Gasteiger partial charge on any atom is 0.384 e. The lowest BCUT2D eigenvalue weighted by molar-refractivity contribution is -0.253. The Morgan fingerprint density at radius 1 is 1.18 bits per heavy atom. The van der Waals surface area contributed by atoms with E-state index in [9.17, 15) is 14.7 Å². The fraction of sp³-hybridized carbons (Fsp3) is 0.400. The van der Waals surface area contributed by atoms with E-state index in [2.05, 4.69) is 22.9 Å². The van der Waals surface area contributed by atoms with Crippen molar-refractivity contribution < 1.29 is 34.7 Å². The van der Waals surface area contributed by atoms with E-state index in [1.54, 1.807) is 0 Å². The molecule has 0 aromatic rings. The Hall–Kier alpha value is -1.70. The van der Waals surface area contributed by atoms with Crippen molar-refractivity contribution >= 4 is 11.9 Å². The number of aliphatic hydroxyl groups is 3. The van der Waals surface area contributed by atoms with Gasteiger partial charge >= 0.3 is 11.9 Å². The zero-order valence-corrected chi connectivity index (χ0v) is 9.25. The maximum absolute atomic E-state index is 11.2. The Balaban J connectivity index is 4.29. The largest absolute Gasteiger partial charge is 0.394 e. The predicted molar refractivity (Wildman–Crippen MR) is 55.2 cm³/mol. The number of carbonyl (C=O) groups is 2. The van der Waals surface area contributed by atoms with Gasteiger partial charge in [-0.15, -0.1) is 0 Å². The first-order valence-corrected chi connectivity index (χ1v) is 4.55. The van der Waals surface area contributed by atoms with Crippen LogP contribution in [0.1, 0.15) is 6.92 Å². The number of hydrogen-bond donors (Lipinski definition) is 3. The van der Waals surface area contributed by atoms with Crippen molar-refractivity contribution in [3.8, 4) is 0 Å². The highest BCUT2D eigenvalue weighted by Crippen LogP contribution is 2.07. The first kappa shape index (κ1) is 15.3. The summed E-state index contributed by atoms with van der Waals surface area (Å²) < 4.78 is 0.